The number of benzene rings is 5. The van der Waals surface area contributed by atoms with Crippen LogP contribution in [0.1, 0.15) is 104 Å². The van der Waals surface area contributed by atoms with E-state index < -0.39 is 0 Å². The Morgan fingerprint density at radius 2 is 1.11 bits per heavy atom. The molecule has 0 saturated heterocycles. The van der Waals surface area contributed by atoms with E-state index in [9.17, 15) is 0 Å². The second-order valence-electron chi connectivity index (χ2n) is 16.4. The van der Waals surface area contributed by atoms with E-state index in [1.54, 1.807) is 0 Å². The Balaban J connectivity index is 1.16. The molecule has 10 rings (SSSR count). The highest BCUT2D eigenvalue weighted by molar-refractivity contribution is 7.51. The maximum atomic E-state index is 4.22. The minimum atomic E-state index is 0.156. The van der Waals surface area contributed by atoms with Gasteiger partial charge >= 0.3 is 0 Å². The van der Waals surface area contributed by atoms with Gasteiger partial charge in [-0.3, -0.25) is 0 Å². The zero-order chi connectivity index (χ0) is 35.5. The molecule has 0 aromatic heterocycles. The van der Waals surface area contributed by atoms with Crippen LogP contribution in [0.25, 0.3) is 0 Å². The smallest absolute Gasteiger partial charge is 0.252 e. The van der Waals surface area contributed by atoms with Gasteiger partial charge in [0.25, 0.3) is 6.71 Å². The van der Waals surface area contributed by atoms with Crippen LogP contribution in [0.3, 0.4) is 0 Å². The Bertz CT molecular complexity index is 2190. The third kappa shape index (κ3) is 6.23. The molecule has 0 spiro atoms. The van der Waals surface area contributed by atoms with Crippen LogP contribution in [0.15, 0.2) is 97.1 Å². The van der Waals surface area contributed by atoms with Gasteiger partial charge < -0.3 is 9.80 Å². The predicted molar refractivity (Wildman–Crippen MR) is 235 cm³/mol. The van der Waals surface area contributed by atoms with Crippen molar-refractivity contribution in [1.82, 2.24) is 0 Å². The molecule has 0 bridgehead atoms. The van der Waals surface area contributed by atoms with E-state index in [-0.39, 0.29) is 6.71 Å². The molecular formula is C48H49BN2P2. The maximum absolute atomic E-state index is 4.22. The van der Waals surface area contributed by atoms with Crippen LogP contribution in [-0.4, -0.2) is 24.5 Å². The van der Waals surface area contributed by atoms with Crippen molar-refractivity contribution in [2.45, 2.75) is 101 Å². The first-order valence-corrected chi connectivity index (χ1v) is 22.6. The topological polar surface area (TPSA) is 6.48 Å². The molecular weight excluding hydrogens is 677 g/mol. The van der Waals surface area contributed by atoms with Gasteiger partial charge in [0, 0.05) is 45.9 Å². The first-order valence-electron chi connectivity index (χ1n) is 20.3. The van der Waals surface area contributed by atoms with Crippen molar-refractivity contribution in [1.29, 1.82) is 0 Å². The summed E-state index contributed by atoms with van der Waals surface area (Å²) < 4.78 is 0. The minimum absolute atomic E-state index is 0.156. The van der Waals surface area contributed by atoms with E-state index in [4.69, 9.17) is 0 Å². The fraction of sp³-hybridized carbons (Fsp3) is 0.333. The van der Waals surface area contributed by atoms with E-state index in [0.717, 1.165) is 20.8 Å². The summed E-state index contributed by atoms with van der Waals surface area (Å²) in [5.74, 6) is 3.83. The summed E-state index contributed by atoms with van der Waals surface area (Å²) in [7, 11) is 2.65. The first kappa shape index (κ1) is 33.7. The third-order valence-corrected chi connectivity index (χ3v) is 14.4. The number of hydrogen-bond donors (Lipinski definition) is 0. The van der Waals surface area contributed by atoms with E-state index in [1.807, 2.05) is 0 Å². The van der Waals surface area contributed by atoms with Crippen molar-refractivity contribution in [3.8, 4) is 0 Å². The molecule has 53 heavy (non-hydrogen) atoms. The average molecular weight is 727 g/mol. The lowest BCUT2D eigenvalue weighted by atomic mass is 9.33. The Morgan fingerprint density at radius 1 is 0.623 bits per heavy atom. The maximum Gasteiger partial charge on any atom is 0.252 e. The summed E-state index contributed by atoms with van der Waals surface area (Å²) in [6.07, 6.45) is 19.8. The molecule has 0 radical (unpaired) electrons. The highest BCUT2D eigenvalue weighted by atomic mass is 31.1. The van der Waals surface area contributed by atoms with Gasteiger partial charge in [0.15, 0.2) is 0 Å². The normalized spacial score (nSPS) is 19.6. The Hall–Kier alpha value is -3.90. The monoisotopic (exact) mass is 726 g/mol. The standard InChI is InChI=1S/C48H49BN2P2/c1-32-25-46-48-47(26-32)51(40-21-17-38(18-22-40)36-11-7-4-8-12-36)45-24-14-34(30-52-2)29-43(45)49(48)42-28-33(27-41-31-53-41)13-23-44(42)50(46)39-19-15-37(16-20-39)35-9-5-3-6-10-35/h13-26,28-29,31,35-36,41H,2-12,27,30H2,1H3. The molecule has 2 saturated carbocycles. The number of fused-ring (bicyclic) bond motifs is 4. The van der Waals surface area contributed by atoms with Crippen LogP contribution >= 0.6 is 16.4 Å². The van der Waals surface area contributed by atoms with Gasteiger partial charge in [0.2, 0.25) is 0 Å². The lowest BCUT2D eigenvalue weighted by Crippen LogP contribution is -2.61. The quantitative estimate of drug-likeness (QED) is 0.114. The highest BCUT2D eigenvalue weighted by Crippen LogP contribution is 2.46. The van der Waals surface area contributed by atoms with Gasteiger partial charge in [-0.05, 0) is 149 Å². The van der Waals surface area contributed by atoms with Crippen molar-refractivity contribution in [2.75, 3.05) is 9.80 Å². The van der Waals surface area contributed by atoms with Gasteiger partial charge in [0.1, 0.15) is 0 Å². The SMILES string of the molecule is C=PCc1ccc2c(c1)B1c3cc(CC4C=P4)ccc3N(c3ccc(C4CCCCC4)cc3)c3cc(C)cc(c31)N2c1ccc(C2CCCCC2)cc1. The lowest BCUT2D eigenvalue weighted by molar-refractivity contribution is 0.443. The Kier molecular flexibility index (Phi) is 8.93. The molecule has 264 valence electrons. The van der Waals surface area contributed by atoms with E-state index >= 15 is 0 Å². The molecule has 1 atom stereocenters. The molecule has 2 aliphatic carbocycles. The van der Waals surface area contributed by atoms with Gasteiger partial charge in [-0.2, -0.15) is 0 Å². The molecule has 3 aliphatic heterocycles. The van der Waals surface area contributed by atoms with Crippen molar-refractivity contribution < 1.29 is 0 Å². The van der Waals surface area contributed by atoms with Crippen LogP contribution in [0.4, 0.5) is 34.1 Å². The predicted octanol–water partition coefficient (Wildman–Crippen LogP) is 11.7. The van der Waals surface area contributed by atoms with Crippen LogP contribution in [0.5, 0.6) is 0 Å². The largest absolute Gasteiger partial charge is 0.311 e. The zero-order valence-electron chi connectivity index (χ0n) is 31.1. The summed E-state index contributed by atoms with van der Waals surface area (Å²) in [4.78, 5) is 5.19. The van der Waals surface area contributed by atoms with Crippen molar-refractivity contribution >= 4 is 85.7 Å². The summed E-state index contributed by atoms with van der Waals surface area (Å²) in [5, 5.41) is 0. The minimum Gasteiger partial charge on any atom is -0.311 e. The lowest BCUT2D eigenvalue weighted by Gasteiger charge is -2.44. The fourth-order valence-corrected chi connectivity index (χ4v) is 11.2. The molecule has 0 amide bonds. The van der Waals surface area contributed by atoms with Crippen molar-refractivity contribution in [2.24, 2.45) is 0 Å². The number of nitrogens with zero attached hydrogens (tertiary/aromatic N) is 2. The molecule has 1 unspecified atom stereocenters. The van der Waals surface area contributed by atoms with Gasteiger partial charge in [-0.1, -0.05) is 102 Å². The van der Waals surface area contributed by atoms with E-state index in [0.29, 0.717) is 17.5 Å². The highest BCUT2D eigenvalue weighted by Gasteiger charge is 2.43. The second kappa shape index (κ2) is 14.1. The van der Waals surface area contributed by atoms with Gasteiger partial charge in [-0.25, -0.2) is 0 Å². The van der Waals surface area contributed by atoms with Crippen LogP contribution in [0, 0.1) is 6.92 Å². The average Bonchev–Trinajstić information content (AvgIpc) is 4.03. The van der Waals surface area contributed by atoms with Gasteiger partial charge in [-0.15, -0.1) is 8.20 Å². The summed E-state index contributed by atoms with van der Waals surface area (Å²) in [6, 6.07) is 39.0. The Labute approximate surface area is 320 Å². The molecule has 0 N–H and O–H groups in total. The van der Waals surface area contributed by atoms with Crippen molar-refractivity contribution in [3.63, 3.8) is 0 Å². The molecule has 2 fully saturated rings. The summed E-state index contributed by atoms with van der Waals surface area (Å²) in [5.41, 5.74) is 19.9. The Morgan fingerprint density at radius 3 is 1.60 bits per heavy atom. The van der Waals surface area contributed by atoms with Crippen LogP contribution < -0.4 is 26.2 Å². The summed E-state index contributed by atoms with van der Waals surface area (Å²) in [6.45, 7) is 2.44. The first-order chi connectivity index (χ1) is 26.1. The number of hydrogen-bond acceptors (Lipinski definition) is 2. The molecule has 5 aromatic rings. The molecule has 5 aliphatic rings. The summed E-state index contributed by atoms with van der Waals surface area (Å²) >= 11 is 0. The number of aryl methyl sites for hydroxylation is 1. The molecule has 5 aromatic carbocycles. The van der Waals surface area contributed by atoms with Crippen LogP contribution in [-0.2, 0) is 12.6 Å². The van der Waals surface area contributed by atoms with E-state index in [2.05, 4.69) is 126 Å². The second-order valence-corrected chi connectivity index (χ2v) is 18.4. The van der Waals surface area contributed by atoms with Crippen LogP contribution in [0.2, 0.25) is 0 Å². The third-order valence-electron chi connectivity index (χ3n) is 12.9. The zero-order valence-corrected chi connectivity index (χ0v) is 32.9. The molecule has 5 heteroatoms. The van der Waals surface area contributed by atoms with Crippen molar-refractivity contribution in [3.05, 3.63) is 125 Å². The van der Waals surface area contributed by atoms with Gasteiger partial charge in [0.05, 0.1) is 0 Å². The molecule has 3 heterocycles. The van der Waals surface area contributed by atoms with E-state index in [1.165, 1.54) is 151 Å². The fourth-order valence-electron chi connectivity index (χ4n) is 10.2. The number of anilines is 6. The molecule has 2 nitrogen and oxygen atoms in total. The number of rotatable bonds is 8.